The minimum absolute atomic E-state index is 0.0404. The van der Waals surface area contributed by atoms with E-state index in [1.807, 2.05) is 18.2 Å². The summed E-state index contributed by atoms with van der Waals surface area (Å²) in [6.07, 6.45) is 4.60. The Kier molecular flexibility index (Phi) is 4.56. The Bertz CT molecular complexity index is 508. The zero-order valence-corrected chi connectivity index (χ0v) is 14.0. The van der Waals surface area contributed by atoms with Gasteiger partial charge < -0.3 is 4.74 Å². The van der Waals surface area contributed by atoms with Crippen LogP contribution in [0.4, 0.5) is 0 Å². The molecule has 0 radical (unpaired) electrons. The molecule has 120 valence electrons. The Hall–Kier alpha value is -1.31. The largest absolute Gasteiger partial charge is 0.462 e. The fourth-order valence-corrected chi connectivity index (χ4v) is 4.01. The van der Waals surface area contributed by atoms with Gasteiger partial charge in [-0.2, -0.15) is 0 Å². The van der Waals surface area contributed by atoms with Gasteiger partial charge in [0.15, 0.2) is 0 Å². The molecule has 2 fully saturated rings. The first-order chi connectivity index (χ1) is 10.6. The molecular weight excluding hydrogens is 272 g/mol. The molecule has 0 N–H and O–H groups in total. The monoisotopic (exact) mass is 300 g/mol. The Balaban J connectivity index is 1.59. The molecule has 0 spiro atoms. The molecule has 2 nitrogen and oxygen atoms in total. The molecule has 3 rings (SSSR count). The molecule has 0 aromatic heterocycles. The molecule has 1 aromatic carbocycles. The van der Waals surface area contributed by atoms with E-state index in [1.165, 1.54) is 18.4 Å². The van der Waals surface area contributed by atoms with Gasteiger partial charge in [0.25, 0.3) is 0 Å². The molecule has 0 heterocycles. The molecular formula is C20H28O2. The van der Waals surface area contributed by atoms with E-state index < -0.39 is 0 Å². The van der Waals surface area contributed by atoms with E-state index in [9.17, 15) is 4.79 Å². The summed E-state index contributed by atoms with van der Waals surface area (Å²) in [5.41, 5.74) is 1.28. The maximum atomic E-state index is 12.5. The fourth-order valence-electron chi connectivity index (χ4n) is 4.01. The second kappa shape index (κ2) is 6.44. The summed E-state index contributed by atoms with van der Waals surface area (Å²) >= 11 is 0. The highest BCUT2D eigenvalue weighted by Gasteiger charge is 2.46. The van der Waals surface area contributed by atoms with E-state index in [-0.39, 0.29) is 18.0 Å². The van der Waals surface area contributed by atoms with Gasteiger partial charge in [-0.15, -0.1) is 0 Å². The van der Waals surface area contributed by atoms with Gasteiger partial charge in [-0.3, -0.25) is 4.79 Å². The lowest BCUT2D eigenvalue weighted by Gasteiger charge is -2.36. The lowest BCUT2D eigenvalue weighted by molar-refractivity contribution is -0.157. The third kappa shape index (κ3) is 3.37. The Morgan fingerprint density at radius 2 is 1.86 bits per heavy atom. The van der Waals surface area contributed by atoms with Crippen LogP contribution in [0, 0.1) is 23.7 Å². The maximum absolute atomic E-state index is 12.5. The minimum Gasteiger partial charge on any atom is -0.462 e. The van der Waals surface area contributed by atoms with Gasteiger partial charge in [-0.25, -0.2) is 0 Å². The third-order valence-corrected chi connectivity index (χ3v) is 5.55. The number of esters is 1. The molecule has 0 amide bonds. The van der Waals surface area contributed by atoms with Crippen molar-refractivity contribution < 1.29 is 9.53 Å². The summed E-state index contributed by atoms with van der Waals surface area (Å²) in [6.45, 7) is 6.79. The topological polar surface area (TPSA) is 26.3 Å². The smallest absolute Gasteiger partial charge is 0.309 e. The molecule has 0 bridgehead atoms. The normalized spacial score (nSPS) is 34.5. The minimum atomic E-state index is 0.0404. The molecule has 0 aliphatic heterocycles. The first-order valence-corrected chi connectivity index (χ1v) is 8.81. The quantitative estimate of drug-likeness (QED) is 0.747. The predicted octanol–water partition coefficient (Wildman–Crippen LogP) is 4.79. The van der Waals surface area contributed by atoms with E-state index in [1.54, 1.807) is 0 Å². The highest BCUT2D eigenvalue weighted by Crippen LogP contribution is 2.49. The first kappa shape index (κ1) is 15.6. The first-order valence-electron chi connectivity index (χ1n) is 8.81. The van der Waals surface area contributed by atoms with E-state index in [0.717, 1.165) is 12.8 Å². The van der Waals surface area contributed by atoms with Crippen molar-refractivity contribution in [2.45, 2.75) is 58.5 Å². The molecule has 1 aromatic rings. The predicted molar refractivity (Wildman–Crippen MR) is 88.5 cm³/mol. The number of hydrogen-bond donors (Lipinski definition) is 0. The number of rotatable bonds is 4. The Morgan fingerprint density at radius 3 is 2.55 bits per heavy atom. The van der Waals surface area contributed by atoms with Crippen LogP contribution in [0.3, 0.4) is 0 Å². The highest BCUT2D eigenvalue weighted by atomic mass is 16.5. The van der Waals surface area contributed by atoms with Crippen LogP contribution in [-0.2, 0) is 9.53 Å². The Labute approximate surface area is 134 Å². The van der Waals surface area contributed by atoms with Crippen molar-refractivity contribution in [1.29, 1.82) is 0 Å². The number of carbonyl (C=O) groups excluding carboxylic acids is 1. The molecule has 2 heteroatoms. The molecule has 2 aliphatic carbocycles. The zero-order chi connectivity index (χ0) is 15.7. The highest BCUT2D eigenvalue weighted by molar-refractivity contribution is 5.77. The maximum Gasteiger partial charge on any atom is 0.309 e. The summed E-state index contributed by atoms with van der Waals surface area (Å²) in [5, 5.41) is 0. The van der Waals surface area contributed by atoms with Gasteiger partial charge >= 0.3 is 5.97 Å². The molecule has 5 atom stereocenters. The SMILES string of the molecule is CC(C)[C@@H]1CC[C@@H](C)C[C@H]1OC(=O)C1CC1c1ccccc1. The van der Waals surface area contributed by atoms with Crippen LogP contribution in [0.25, 0.3) is 0 Å². The summed E-state index contributed by atoms with van der Waals surface area (Å²) in [7, 11) is 0. The van der Waals surface area contributed by atoms with Crippen molar-refractivity contribution in [3.63, 3.8) is 0 Å². The van der Waals surface area contributed by atoms with Crippen molar-refractivity contribution in [2.75, 3.05) is 0 Å². The van der Waals surface area contributed by atoms with Crippen LogP contribution in [0.1, 0.15) is 57.9 Å². The second-order valence-corrected chi connectivity index (χ2v) is 7.66. The van der Waals surface area contributed by atoms with Crippen LogP contribution in [0.5, 0.6) is 0 Å². The van der Waals surface area contributed by atoms with E-state index >= 15 is 0 Å². The van der Waals surface area contributed by atoms with E-state index in [2.05, 4.69) is 32.9 Å². The lowest BCUT2D eigenvalue weighted by atomic mass is 9.75. The van der Waals surface area contributed by atoms with Crippen LogP contribution >= 0.6 is 0 Å². The van der Waals surface area contributed by atoms with Crippen LogP contribution < -0.4 is 0 Å². The van der Waals surface area contributed by atoms with E-state index in [0.29, 0.717) is 23.7 Å². The summed E-state index contributed by atoms with van der Waals surface area (Å²) < 4.78 is 5.97. The van der Waals surface area contributed by atoms with Crippen molar-refractivity contribution in [1.82, 2.24) is 0 Å². The van der Waals surface area contributed by atoms with Crippen LogP contribution in [-0.4, -0.2) is 12.1 Å². The van der Waals surface area contributed by atoms with Crippen molar-refractivity contribution in [3.8, 4) is 0 Å². The molecule has 22 heavy (non-hydrogen) atoms. The molecule has 2 saturated carbocycles. The number of ether oxygens (including phenoxy) is 1. The molecule has 2 unspecified atom stereocenters. The van der Waals surface area contributed by atoms with Gasteiger partial charge in [-0.1, -0.05) is 57.5 Å². The standard InChI is InChI=1S/C20H28O2/c1-13(2)16-10-9-14(3)11-19(16)22-20(21)18-12-17(18)15-7-5-4-6-8-15/h4-8,13-14,16-19H,9-12H2,1-3H3/t14-,16+,17?,18?,19-/m1/s1. The fraction of sp³-hybridized carbons (Fsp3) is 0.650. The molecule has 2 aliphatic rings. The van der Waals surface area contributed by atoms with Crippen molar-refractivity contribution in [3.05, 3.63) is 35.9 Å². The second-order valence-electron chi connectivity index (χ2n) is 7.66. The van der Waals surface area contributed by atoms with Crippen molar-refractivity contribution >= 4 is 5.97 Å². The third-order valence-electron chi connectivity index (χ3n) is 5.55. The number of hydrogen-bond acceptors (Lipinski definition) is 2. The van der Waals surface area contributed by atoms with Crippen LogP contribution in [0.15, 0.2) is 30.3 Å². The van der Waals surface area contributed by atoms with Gasteiger partial charge in [0, 0.05) is 0 Å². The lowest BCUT2D eigenvalue weighted by Crippen LogP contribution is -2.36. The number of benzene rings is 1. The summed E-state index contributed by atoms with van der Waals surface area (Å²) in [6, 6.07) is 10.4. The zero-order valence-electron chi connectivity index (χ0n) is 14.0. The average Bonchev–Trinajstić information content (AvgIpc) is 3.28. The Morgan fingerprint density at radius 1 is 1.14 bits per heavy atom. The number of carbonyl (C=O) groups is 1. The van der Waals surface area contributed by atoms with Crippen molar-refractivity contribution in [2.24, 2.45) is 23.7 Å². The van der Waals surface area contributed by atoms with Crippen LogP contribution in [0.2, 0.25) is 0 Å². The van der Waals surface area contributed by atoms with Gasteiger partial charge in [0.1, 0.15) is 6.10 Å². The van der Waals surface area contributed by atoms with Gasteiger partial charge in [-0.05, 0) is 48.5 Å². The van der Waals surface area contributed by atoms with Gasteiger partial charge in [0.05, 0.1) is 5.92 Å². The summed E-state index contributed by atoms with van der Waals surface area (Å²) in [4.78, 5) is 12.5. The van der Waals surface area contributed by atoms with Gasteiger partial charge in [0.2, 0.25) is 0 Å². The summed E-state index contributed by atoms with van der Waals surface area (Å²) in [5.74, 6) is 2.32. The van der Waals surface area contributed by atoms with E-state index in [4.69, 9.17) is 4.74 Å². The molecule has 0 saturated heterocycles. The average molecular weight is 300 g/mol.